The molecule has 0 unspecified atom stereocenters. The lowest BCUT2D eigenvalue weighted by atomic mass is 9.84. The molecule has 0 aliphatic carbocycles. The predicted octanol–water partition coefficient (Wildman–Crippen LogP) is 4.16. The van der Waals surface area contributed by atoms with E-state index in [0.717, 1.165) is 29.5 Å². The molecule has 0 aromatic heterocycles. The molecule has 1 N–H and O–H groups in total. The number of hydrogen-bond acceptors (Lipinski definition) is 5. The van der Waals surface area contributed by atoms with Crippen molar-refractivity contribution in [1.29, 1.82) is 0 Å². The molecule has 3 amide bonds. The summed E-state index contributed by atoms with van der Waals surface area (Å²) in [6.45, 7) is 9.49. The summed E-state index contributed by atoms with van der Waals surface area (Å²) in [5.41, 5.74) is 3.01. The zero-order valence-electron chi connectivity index (χ0n) is 22.3. The molecule has 7 heteroatoms. The van der Waals surface area contributed by atoms with Gasteiger partial charge in [0.1, 0.15) is 5.54 Å². The van der Waals surface area contributed by atoms with E-state index in [1.807, 2.05) is 24.3 Å². The summed E-state index contributed by atoms with van der Waals surface area (Å²) in [6, 6.07) is 19.8. The van der Waals surface area contributed by atoms with E-state index in [0.29, 0.717) is 43.7 Å². The molecule has 38 heavy (non-hydrogen) atoms. The Morgan fingerprint density at radius 3 is 2.00 bits per heavy atom. The van der Waals surface area contributed by atoms with Crippen LogP contribution in [0.4, 0.5) is 5.69 Å². The van der Waals surface area contributed by atoms with Gasteiger partial charge >= 0.3 is 0 Å². The molecule has 2 saturated heterocycles. The number of anilines is 1. The Bertz CT molecular complexity index is 1380. The van der Waals surface area contributed by atoms with Crippen LogP contribution in [0.5, 0.6) is 0 Å². The standard InChI is InChI=1S/C31H34N4O3/c1-30(2,3)22-10-12-23(13-11-22)35-20-32-29(38)31(35)14-16-33(17-15-31)18-19-34-27(36)24-8-4-6-21-7-5-9-25(26(21)24)28(34)37/h4-13H,14-20H2,1-3H3,(H,32,38). The fourth-order valence-electron chi connectivity index (χ4n) is 6.24. The summed E-state index contributed by atoms with van der Waals surface area (Å²) < 4.78 is 0. The number of nitrogens with one attached hydrogen (secondary N) is 1. The highest BCUT2D eigenvalue weighted by atomic mass is 16.2. The zero-order chi connectivity index (χ0) is 26.7. The lowest BCUT2D eigenvalue weighted by Gasteiger charge is -2.43. The number of amides is 3. The van der Waals surface area contributed by atoms with Gasteiger partial charge < -0.3 is 15.1 Å². The van der Waals surface area contributed by atoms with Gasteiger partial charge in [0, 0.05) is 48.4 Å². The van der Waals surface area contributed by atoms with Crippen LogP contribution in [0.3, 0.4) is 0 Å². The Morgan fingerprint density at radius 2 is 1.42 bits per heavy atom. The molecule has 6 rings (SSSR count). The number of carbonyl (C=O) groups is 3. The first-order valence-corrected chi connectivity index (χ1v) is 13.5. The van der Waals surface area contributed by atoms with Crippen LogP contribution in [0.2, 0.25) is 0 Å². The van der Waals surface area contributed by atoms with E-state index in [-0.39, 0.29) is 23.1 Å². The maximum Gasteiger partial charge on any atom is 0.261 e. The molecule has 3 aliphatic rings. The number of imide groups is 1. The molecule has 3 aromatic rings. The highest BCUT2D eigenvalue weighted by Crippen LogP contribution is 2.37. The van der Waals surface area contributed by atoms with Gasteiger partial charge in [-0.2, -0.15) is 0 Å². The largest absolute Gasteiger partial charge is 0.339 e. The number of hydrogen-bond donors (Lipinski definition) is 1. The van der Waals surface area contributed by atoms with Crippen molar-refractivity contribution in [3.05, 3.63) is 77.4 Å². The smallest absolute Gasteiger partial charge is 0.261 e. The number of benzene rings is 3. The highest BCUT2D eigenvalue weighted by Gasteiger charge is 2.50. The fourth-order valence-corrected chi connectivity index (χ4v) is 6.24. The molecule has 0 atom stereocenters. The molecule has 2 fully saturated rings. The third kappa shape index (κ3) is 3.88. The molecule has 0 radical (unpaired) electrons. The maximum absolute atomic E-state index is 13.2. The number of carbonyl (C=O) groups excluding carboxylic acids is 3. The van der Waals surface area contributed by atoms with Crippen LogP contribution in [-0.2, 0) is 10.2 Å². The average Bonchev–Trinajstić information content (AvgIpc) is 3.22. The van der Waals surface area contributed by atoms with Gasteiger partial charge in [0.25, 0.3) is 11.8 Å². The third-order valence-electron chi connectivity index (χ3n) is 8.56. The highest BCUT2D eigenvalue weighted by molar-refractivity contribution is 6.25. The minimum absolute atomic E-state index is 0.0757. The van der Waals surface area contributed by atoms with Crippen molar-refractivity contribution >= 4 is 34.2 Å². The maximum atomic E-state index is 13.2. The summed E-state index contributed by atoms with van der Waals surface area (Å²) in [5.74, 6) is -0.371. The number of nitrogens with zero attached hydrogens (tertiary/aromatic N) is 3. The summed E-state index contributed by atoms with van der Waals surface area (Å²) in [6.07, 6.45) is 1.40. The van der Waals surface area contributed by atoms with Crippen LogP contribution in [0, 0.1) is 0 Å². The fraction of sp³-hybridized carbons (Fsp3) is 0.387. The Kier molecular flexibility index (Phi) is 5.80. The Labute approximate surface area is 223 Å². The van der Waals surface area contributed by atoms with E-state index < -0.39 is 5.54 Å². The van der Waals surface area contributed by atoms with Crippen LogP contribution in [0.15, 0.2) is 60.7 Å². The minimum Gasteiger partial charge on any atom is -0.339 e. The normalized spacial score (nSPS) is 19.5. The molecule has 0 bridgehead atoms. The third-order valence-corrected chi connectivity index (χ3v) is 8.56. The molecular weight excluding hydrogens is 476 g/mol. The Hall–Kier alpha value is -3.71. The van der Waals surface area contributed by atoms with Crippen LogP contribution in [-0.4, -0.2) is 65.9 Å². The molecule has 3 heterocycles. The zero-order valence-corrected chi connectivity index (χ0v) is 22.3. The van der Waals surface area contributed by atoms with Gasteiger partial charge in [-0.25, -0.2) is 0 Å². The van der Waals surface area contributed by atoms with Gasteiger partial charge in [0.2, 0.25) is 5.91 Å². The van der Waals surface area contributed by atoms with Crippen LogP contribution in [0.25, 0.3) is 10.8 Å². The molecule has 3 aromatic carbocycles. The molecule has 7 nitrogen and oxygen atoms in total. The average molecular weight is 511 g/mol. The van der Waals surface area contributed by atoms with Crippen molar-refractivity contribution in [2.24, 2.45) is 0 Å². The molecule has 1 spiro atoms. The molecule has 3 aliphatic heterocycles. The summed E-state index contributed by atoms with van der Waals surface area (Å²) in [5, 5.41) is 4.74. The second kappa shape index (κ2) is 8.95. The molecule has 196 valence electrons. The lowest BCUT2D eigenvalue weighted by Crippen LogP contribution is -2.57. The van der Waals surface area contributed by atoms with E-state index in [1.165, 1.54) is 10.5 Å². The van der Waals surface area contributed by atoms with E-state index in [1.54, 1.807) is 12.1 Å². The van der Waals surface area contributed by atoms with Gasteiger partial charge in [0.05, 0.1) is 6.67 Å². The Morgan fingerprint density at radius 1 is 0.816 bits per heavy atom. The second-order valence-electron chi connectivity index (χ2n) is 11.7. The first-order valence-electron chi connectivity index (χ1n) is 13.5. The number of piperidine rings is 1. The van der Waals surface area contributed by atoms with Crippen LogP contribution < -0.4 is 10.2 Å². The topological polar surface area (TPSA) is 73.0 Å². The van der Waals surface area contributed by atoms with Crippen molar-refractivity contribution in [2.75, 3.05) is 37.7 Å². The van der Waals surface area contributed by atoms with Crippen molar-refractivity contribution < 1.29 is 14.4 Å². The second-order valence-corrected chi connectivity index (χ2v) is 11.7. The van der Waals surface area contributed by atoms with Crippen molar-refractivity contribution in [3.63, 3.8) is 0 Å². The van der Waals surface area contributed by atoms with Gasteiger partial charge in [0.15, 0.2) is 0 Å². The molecule has 0 saturated carbocycles. The van der Waals surface area contributed by atoms with Crippen molar-refractivity contribution in [1.82, 2.24) is 15.1 Å². The van der Waals surface area contributed by atoms with Crippen LogP contribution >= 0.6 is 0 Å². The first-order chi connectivity index (χ1) is 18.2. The van der Waals surface area contributed by atoms with Crippen LogP contribution in [0.1, 0.15) is 59.9 Å². The van der Waals surface area contributed by atoms with Gasteiger partial charge in [-0.15, -0.1) is 0 Å². The summed E-state index contributed by atoms with van der Waals surface area (Å²) in [7, 11) is 0. The quantitative estimate of drug-likeness (QED) is 0.534. The van der Waals surface area contributed by atoms with E-state index >= 15 is 0 Å². The van der Waals surface area contributed by atoms with Gasteiger partial charge in [-0.3, -0.25) is 19.3 Å². The minimum atomic E-state index is -0.564. The van der Waals surface area contributed by atoms with E-state index in [9.17, 15) is 14.4 Å². The lowest BCUT2D eigenvalue weighted by molar-refractivity contribution is -0.125. The predicted molar refractivity (Wildman–Crippen MR) is 148 cm³/mol. The van der Waals surface area contributed by atoms with Crippen molar-refractivity contribution in [3.8, 4) is 0 Å². The molecular formula is C31H34N4O3. The number of likely N-dealkylation sites (tertiary alicyclic amines) is 1. The first kappa shape index (κ1) is 24.6. The van der Waals surface area contributed by atoms with E-state index in [2.05, 4.69) is 60.2 Å². The van der Waals surface area contributed by atoms with Gasteiger partial charge in [-0.1, -0.05) is 57.2 Å². The summed E-state index contributed by atoms with van der Waals surface area (Å²) >= 11 is 0. The van der Waals surface area contributed by atoms with Gasteiger partial charge in [-0.05, 0) is 53.5 Å². The number of rotatable bonds is 4. The van der Waals surface area contributed by atoms with Crippen molar-refractivity contribution in [2.45, 2.75) is 44.6 Å². The summed E-state index contributed by atoms with van der Waals surface area (Å²) in [4.78, 5) is 45.5. The monoisotopic (exact) mass is 510 g/mol. The van der Waals surface area contributed by atoms with E-state index in [4.69, 9.17) is 0 Å². The SMILES string of the molecule is CC(C)(C)c1ccc(N2CNC(=O)C23CCN(CCN2C(=O)c4cccc5cccc(c45)C2=O)CC3)cc1. The Balaban J connectivity index is 1.14.